The van der Waals surface area contributed by atoms with Crippen LogP contribution in [-0.4, -0.2) is 68.4 Å². The summed E-state index contributed by atoms with van der Waals surface area (Å²) in [5.41, 5.74) is 1.01. The summed E-state index contributed by atoms with van der Waals surface area (Å²) in [6.45, 7) is 10.3. The van der Waals surface area contributed by atoms with Crippen LogP contribution in [0, 0.1) is 5.92 Å². The number of likely N-dealkylation sites (N-methyl/N-ethyl adjacent to an activating group) is 1. The zero-order chi connectivity index (χ0) is 17.5. The molecular weight excluding hydrogens is 318 g/mol. The van der Waals surface area contributed by atoms with Crippen LogP contribution in [0.4, 0.5) is 10.6 Å². The first-order valence-electron chi connectivity index (χ1n) is 9.26. The fraction of sp³-hybridized carbons (Fsp3) is 0.667. The number of ether oxygens (including phenoxy) is 1. The third-order valence-corrected chi connectivity index (χ3v) is 4.98. The van der Waals surface area contributed by atoms with E-state index in [0.29, 0.717) is 19.0 Å². The molecule has 7 nitrogen and oxygen atoms in total. The van der Waals surface area contributed by atoms with Crippen molar-refractivity contribution in [2.45, 2.75) is 19.9 Å². The van der Waals surface area contributed by atoms with E-state index in [1.165, 1.54) is 0 Å². The molecule has 2 N–H and O–H groups in total. The molecule has 0 radical (unpaired) electrons. The molecule has 3 heterocycles. The van der Waals surface area contributed by atoms with Gasteiger partial charge in [-0.25, -0.2) is 9.78 Å². The number of anilines is 1. The van der Waals surface area contributed by atoms with E-state index in [1.807, 2.05) is 18.3 Å². The molecule has 7 heteroatoms. The van der Waals surface area contributed by atoms with Gasteiger partial charge in [0, 0.05) is 58.0 Å². The van der Waals surface area contributed by atoms with Crippen LogP contribution < -0.4 is 15.5 Å². The summed E-state index contributed by atoms with van der Waals surface area (Å²) in [4.78, 5) is 21.2. The summed E-state index contributed by atoms with van der Waals surface area (Å²) < 4.78 is 5.31. The zero-order valence-corrected chi connectivity index (χ0v) is 15.0. The first kappa shape index (κ1) is 17.9. The van der Waals surface area contributed by atoms with Crippen LogP contribution in [0.1, 0.15) is 18.9 Å². The van der Waals surface area contributed by atoms with Crippen molar-refractivity contribution in [3.63, 3.8) is 0 Å². The van der Waals surface area contributed by atoms with E-state index in [2.05, 4.69) is 32.3 Å². The van der Waals surface area contributed by atoms with Gasteiger partial charge in [0.1, 0.15) is 5.82 Å². The number of piperazine rings is 1. The number of hydrogen-bond acceptors (Lipinski definition) is 5. The molecule has 1 atom stereocenters. The number of carbonyl (C=O) groups is 1. The summed E-state index contributed by atoms with van der Waals surface area (Å²) in [6, 6.07) is 3.96. The van der Waals surface area contributed by atoms with Crippen LogP contribution >= 0.6 is 0 Å². The Bertz CT molecular complexity index is 537. The molecule has 2 aliphatic rings. The minimum Gasteiger partial charge on any atom is -0.381 e. The van der Waals surface area contributed by atoms with Crippen molar-refractivity contribution in [3.8, 4) is 0 Å². The van der Waals surface area contributed by atoms with E-state index < -0.39 is 0 Å². The Morgan fingerprint density at radius 1 is 1.28 bits per heavy atom. The molecule has 2 amide bonds. The smallest absolute Gasteiger partial charge is 0.315 e. The van der Waals surface area contributed by atoms with Gasteiger partial charge in [-0.15, -0.1) is 0 Å². The van der Waals surface area contributed by atoms with Crippen molar-refractivity contribution in [2.24, 2.45) is 5.92 Å². The molecule has 1 aromatic heterocycles. The Morgan fingerprint density at radius 3 is 2.76 bits per heavy atom. The molecule has 1 unspecified atom stereocenters. The van der Waals surface area contributed by atoms with E-state index in [-0.39, 0.29) is 6.03 Å². The summed E-state index contributed by atoms with van der Waals surface area (Å²) in [5.74, 6) is 1.46. The standard InChI is InChI=1S/C18H29N5O2/c1-2-22-6-8-23(9-7-22)17-4-3-15(11-19-17)12-20-18(24)21-13-16-5-10-25-14-16/h3-4,11,16H,2,5-10,12-14H2,1H3,(H2,20,21,24). The topological polar surface area (TPSA) is 69.7 Å². The van der Waals surface area contributed by atoms with Gasteiger partial charge in [0.25, 0.3) is 0 Å². The Balaban J connectivity index is 1.39. The average Bonchev–Trinajstić information content (AvgIpc) is 3.19. The van der Waals surface area contributed by atoms with Crippen LogP contribution in [0.5, 0.6) is 0 Å². The maximum absolute atomic E-state index is 11.9. The highest BCUT2D eigenvalue weighted by Gasteiger charge is 2.17. The molecule has 0 aromatic carbocycles. The number of rotatable bonds is 6. The molecule has 138 valence electrons. The maximum Gasteiger partial charge on any atom is 0.315 e. The van der Waals surface area contributed by atoms with E-state index in [0.717, 1.165) is 63.7 Å². The first-order valence-corrected chi connectivity index (χ1v) is 9.26. The largest absolute Gasteiger partial charge is 0.381 e. The molecule has 0 spiro atoms. The van der Waals surface area contributed by atoms with Gasteiger partial charge in [-0.05, 0) is 24.6 Å². The van der Waals surface area contributed by atoms with Gasteiger partial charge in [-0.2, -0.15) is 0 Å². The van der Waals surface area contributed by atoms with Crippen LogP contribution in [0.2, 0.25) is 0 Å². The fourth-order valence-corrected chi connectivity index (χ4v) is 3.23. The van der Waals surface area contributed by atoms with Gasteiger partial charge in [0.05, 0.1) is 6.61 Å². The predicted molar refractivity (Wildman–Crippen MR) is 97.7 cm³/mol. The van der Waals surface area contributed by atoms with Crippen molar-refractivity contribution in [1.29, 1.82) is 0 Å². The van der Waals surface area contributed by atoms with E-state index in [1.54, 1.807) is 0 Å². The second kappa shape index (κ2) is 9.01. The summed E-state index contributed by atoms with van der Waals surface area (Å²) in [6.07, 6.45) is 2.88. The molecule has 3 rings (SSSR count). The lowest BCUT2D eigenvalue weighted by Gasteiger charge is -2.34. The Kier molecular flexibility index (Phi) is 6.47. The molecule has 2 saturated heterocycles. The molecule has 0 aliphatic carbocycles. The van der Waals surface area contributed by atoms with Gasteiger partial charge >= 0.3 is 6.03 Å². The van der Waals surface area contributed by atoms with Gasteiger partial charge in [0.2, 0.25) is 0 Å². The van der Waals surface area contributed by atoms with Crippen molar-refractivity contribution in [2.75, 3.05) is 57.4 Å². The molecule has 2 fully saturated rings. The second-order valence-electron chi connectivity index (χ2n) is 6.74. The lowest BCUT2D eigenvalue weighted by molar-refractivity contribution is 0.185. The van der Waals surface area contributed by atoms with E-state index >= 15 is 0 Å². The van der Waals surface area contributed by atoms with Crippen LogP contribution in [0.3, 0.4) is 0 Å². The van der Waals surface area contributed by atoms with Gasteiger partial charge in [0.15, 0.2) is 0 Å². The van der Waals surface area contributed by atoms with Crippen LogP contribution in [0.25, 0.3) is 0 Å². The highest BCUT2D eigenvalue weighted by atomic mass is 16.5. The summed E-state index contributed by atoms with van der Waals surface area (Å²) >= 11 is 0. The number of amides is 2. The van der Waals surface area contributed by atoms with Crippen LogP contribution in [-0.2, 0) is 11.3 Å². The fourth-order valence-electron chi connectivity index (χ4n) is 3.23. The Morgan fingerprint density at radius 2 is 2.12 bits per heavy atom. The quantitative estimate of drug-likeness (QED) is 0.805. The van der Waals surface area contributed by atoms with Crippen molar-refractivity contribution >= 4 is 11.8 Å². The van der Waals surface area contributed by atoms with Gasteiger partial charge < -0.3 is 25.2 Å². The van der Waals surface area contributed by atoms with Crippen LogP contribution in [0.15, 0.2) is 18.3 Å². The molecule has 25 heavy (non-hydrogen) atoms. The molecule has 1 aromatic rings. The highest BCUT2D eigenvalue weighted by Crippen LogP contribution is 2.14. The Hall–Kier alpha value is -1.86. The third-order valence-electron chi connectivity index (χ3n) is 4.98. The molecule has 2 aliphatic heterocycles. The Labute approximate surface area is 149 Å². The predicted octanol–water partition coefficient (Wildman–Crippen LogP) is 1.06. The second-order valence-corrected chi connectivity index (χ2v) is 6.74. The number of nitrogens with zero attached hydrogens (tertiary/aromatic N) is 3. The molecule has 0 bridgehead atoms. The lowest BCUT2D eigenvalue weighted by atomic mass is 10.1. The number of hydrogen-bond donors (Lipinski definition) is 2. The SMILES string of the molecule is CCN1CCN(c2ccc(CNC(=O)NCC3CCOC3)cn2)CC1. The number of carbonyl (C=O) groups excluding carboxylic acids is 1. The number of aromatic nitrogens is 1. The number of nitrogens with one attached hydrogen (secondary N) is 2. The van der Waals surface area contributed by atoms with E-state index in [4.69, 9.17) is 4.74 Å². The zero-order valence-electron chi connectivity index (χ0n) is 15.0. The normalized spacial score (nSPS) is 21.3. The highest BCUT2D eigenvalue weighted by molar-refractivity contribution is 5.73. The van der Waals surface area contributed by atoms with Gasteiger partial charge in [-0.3, -0.25) is 0 Å². The average molecular weight is 347 g/mol. The minimum atomic E-state index is -0.133. The first-order chi connectivity index (χ1) is 12.2. The maximum atomic E-state index is 11.9. The van der Waals surface area contributed by atoms with Gasteiger partial charge in [-0.1, -0.05) is 13.0 Å². The third kappa shape index (κ3) is 5.31. The lowest BCUT2D eigenvalue weighted by Crippen LogP contribution is -2.46. The van der Waals surface area contributed by atoms with Crippen molar-refractivity contribution < 1.29 is 9.53 Å². The minimum absolute atomic E-state index is 0.133. The van der Waals surface area contributed by atoms with Crippen molar-refractivity contribution in [1.82, 2.24) is 20.5 Å². The molecular formula is C18H29N5O2. The number of pyridine rings is 1. The van der Waals surface area contributed by atoms with Crippen molar-refractivity contribution in [3.05, 3.63) is 23.9 Å². The van der Waals surface area contributed by atoms with E-state index in [9.17, 15) is 4.79 Å². The molecule has 0 saturated carbocycles. The monoisotopic (exact) mass is 347 g/mol. The summed E-state index contributed by atoms with van der Waals surface area (Å²) in [5, 5.41) is 5.79. The number of urea groups is 1. The summed E-state index contributed by atoms with van der Waals surface area (Å²) in [7, 11) is 0.